The Hall–Kier alpha value is -1.42. The summed E-state index contributed by atoms with van der Waals surface area (Å²) in [6.07, 6.45) is 4.25. The number of hydrogen-bond donors (Lipinski definition) is 1. The lowest BCUT2D eigenvalue weighted by Gasteiger charge is -2.27. The van der Waals surface area contributed by atoms with Crippen molar-refractivity contribution >= 4 is 0 Å². The Balaban J connectivity index is 2.55. The summed E-state index contributed by atoms with van der Waals surface area (Å²) in [6, 6.07) is 3.79. The zero-order valence-corrected chi connectivity index (χ0v) is 11.3. The number of methoxy groups -OCH3 is 3. The van der Waals surface area contributed by atoms with Crippen molar-refractivity contribution in [3.63, 3.8) is 0 Å². The molecule has 100 valence electrons. The molecular formula is C14H21NO3. The standard InChI is InChI=1S/C14H21NO3/c1-16-10-8-11(14(15)6-4-5-7-14)13(18-3)12(9-10)17-2/h8-9H,4-7,15H2,1-3H3. The summed E-state index contributed by atoms with van der Waals surface area (Å²) in [5, 5.41) is 0. The van der Waals surface area contributed by atoms with Crippen LogP contribution in [0.25, 0.3) is 0 Å². The zero-order valence-electron chi connectivity index (χ0n) is 11.3. The van der Waals surface area contributed by atoms with Crippen LogP contribution in [0.3, 0.4) is 0 Å². The van der Waals surface area contributed by atoms with Gasteiger partial charge in [-0.2, -0.15) is 0 Å². The summed E-state index contributed by atoms with van der Waals surface area (Å²) >= 11 is 0. The van der Waals surface area contributed by atoms with E-state index in [1.165, 1.54) is 0 Å². The molecule has 0 aliphatic heterocycles. The molecule has 18 heavy (non-hydrogen) atoms. The average molecular weight is 251 g/mol. The fourth-order valence-electron chi connectivity index (χ4n) is 2.70. The molecule has 2 N–H and O–H groups in total. The number of ether oxygens (including phenoxy) is 3. The third kappa shape index (κ3) is 2.12. The van der Waals surface area contributed by atoms with Crippen LogP contribution in [0.4, 0.5) is 0 Å². The Bertz CT molecular complexity index is 425. The fourth-order valence-corrected chi connectivity index (χ4v) is 2.70. The molecule has 0 saturated heterocycles. The van der Waals surface area contributed by atoms with Gasteiger partial charge in [0.15, 0.2) is 11.5 Å². The second-order valence-corrected chi connectivity index (χ2v) is 4.77. The van der Waals surface area contributed by atoms with Gasteiger partial charge >= 0.3 is 0 Å². The predicted molar refractivity (Wildman–Crippen MR) is 70.4 cm³/mol. The van der Waals surface area contributed by atoms with E-state index >= 15 is 0 Å². The molecule has 1 aliphatic carbocycles. The molecule has 1 saturated carbocycles. The average Bonchev–Trinajstić information content (AvgIpc) is 2.85. The minimum Gasteiger partial charge on any atom is -0.497 e. The van der Waals surface area contributed by atoms with E-state index in [-0.39, 0.29) is 5.54 Å². The number of hydrogen-bond acceptors (Lipinski definition) is 4. The van der Waals surface area contributed by atoms with Crippen molar-refractivity contribution in [2.75, 3.05) is 21.3 Å². The summed E-state index contributed by atoms with van der Waals surface area (Å²) in [5.74, 6) is 2.14. The molecule has 1 aromatic rings. The SMILES string of the molecule is COc1cc(OC)c(OC)c(C2(N)CCCC2)c1. The Kier molecular flexibility index (Phi) is 3.66. The lowest BCUT2D eigenvalue weighted by Crippen LogP contribution is -2.33. The molecule has 1 fully saturated rings. The Labute approximate surface area is 108 Å². The van der Waals surface area contributed by atoms with E-state index in [1.807, 2.05) is 12.1 Å². The number of nitrogens with two attached hydrogens (primary N) is 1. The third-order valence-electron chi connectivity index (χ3n) is 3.72. The number of rotatable bonds is 4. The van der Waals surface area contributed by atoms with Crippen molar-refractivity contribution < 1.29 is 14.2 Å². The highest BCUT2D eigenvalue weighted by Gasteiger charge is 2.35. The maximum Gasteiger partial charge on any atom is 0.166 e. The van der Waals surface area contributed by atoms with Crippen LogP contribution in [0.2, 0.25) is 0 Å². The first-order chi connectivity index (χ1) is 8.64. The lowest BCUT2D eigenvalue weighted by atomic mass is 9.88. The molecule has 1 aromatic carbocycles. The smallest absolute Gasteiger partial charge is 0.166 e. The lowest BCUT2D eigenvalue weighted by molar-refractivity contribution is 0.331. The van der Waals surface area contributed by atoms with E-state index in [4.69, 9.17) is 19.9 Å². The van der Waals surface area contributed by atoms with Gasteiger partial charge in [0.25, 0.3) is 0 Å². The van der Waals surface area contributed by atoms with Crippen molar-refractivity contribution in [3.8, 4) is 17.2 Å². The molecule has 0 atom stereocenters. The van der Waals surface area contributed by atoms with Gasteiger partial charge in [0.05, 0.1) is 21.3 Å². The molecule has 4 nitrogen and oxygen atoms in total. The number of benzene rings is 1. The molecule has 0 unspecified atom stereocenters. The van der Waals surface area contributed by atoms with Gasteiger partial charge in [-0.25, -0.2) is 0 Å². The molecule has 0 aromatic heterocycles. The quantitative estimate of drug-likeness (QED) is 0.893. The first-order valence-electron chi connectivity index (χ1n) is 6.24. The first-order valence-corrected chi connectivity index (χ1v) is 6.24. The van der Waals surface area contributed by atoms with E-state index in [1.54, 1.807) is 21.3 Å². The molecule has 0 bridgehead atoms. The van der Waals surface area contributed by atoms with E-state index in [0.717, 1.165) is 42.7 Å². The topological polar surface area (TPSA) is 53.7 Å². The first kappa shape index (κ1) is 13.0. The monoisotopic (exact) mass is 251 g/mol. The van der Waals surface area contributed by atoms with E-state index in [9.17, 15) is 0 Å². The summed E-state index contributed by atoms with van der Waals surface area (Å²) in [5.41, 5.74) is 7.17. The Morgan fingerprint density at radius 1 is 1.00 bits per heavy atom. The summed E-state index contributed by atoms with van der Waals surface area (Å²) < 4.78 is 16.2. The van der Waals surface area contributed by atoms with Gasteiger partial charge in [0.1, 0.15) is 5.75 Å². The second-order valence-electron chi connectivity index (χ2n) is 4.77. The largest absolute Gasteiger partial charge is 0.497 e. The van der Waals surface area contributed by atoms with Gasteiger partial charge < -0.3 is 19.9 Å². The van der Waals surface area contributed by atoms with Crippen LogP contribution in [0, 0.1) is 0 Å². The van der Waals surface area contributed by atoms with Crippen LogP contribution in [-0.4, -0.2) is 21.3 Å². The maximum atomic E-state index is 6.51. The Morgan fingerprint density at radius 2 is 1.67 bits per heavy atom. The minimum absolute atomic E-state index is 0.326. The summed E-state index contributed by atoms with van der Waals surface area (Å²) in [6.45, 7) is 0. The molecule has 0 radical (unpaired) electrons. The van der Waals surface area contributed by atoms with Crippen molar-refractivity contribution in [2.45, 2.75) is 31.2 Å². The van der Waals surface area contributed by atoms with E-state index in [2.05, 4.69) is 0 Å². The van der Waals surface area contributed by atoms with Crippen LogP contribution in [0.15, 0.2) is 12.1 Å². The van der Waals surface area contributed by atoms with Crippen LogP contribution in [-0.2, 0) is 5.54 Å². The highest BCUT2D eigenvalue weighted by atomic mass is 16.5. The zero-order chi connectivity index (χ0) is 13.2. The van der Waals surface area contributed by atoms with Crippen molar-refractivity contribution in [3.05, 3.63) is 17.7 Å². The van der Waals surface area contributed by atoms with Crippen molar-refractivity contribution in [1.29, 1.82) is 0 Å². The van der Waals surface area contributed by atoms with Gasteiger partial charge in [0.2, 0.25) is 0 Å². The molecular weight excluding hydrogens is 230 g/mol. The summed E-state index contributed by atoms with van der Waals surface area (Å²) in [7, 11) is 4.91. The van der Waals surface area contributed by atoms with Crippen molar-refractivity contribution in [1.82, 2.24) is 0 Å². The van der Waals surface area contributed by atoms with Crippen LogP contribution in [0.1, 0.15) is 31.2 Å². The van der Waals surface area contributed by atoms with E-state index < -0.39 is 0 Å². The molecule has 1 aliphatic rings. The minimum atomic E-state index is -0.326. The molecule has 0 amide bonds. The highest BCUT2D eigenvalue weighted by molar-refractivity contribution is 5.54. The van der Waals surface area contributed by atoms with Gasteiger partial charge in [-0.15, -0.1) is 0 Å². The van der Waals surface area contributed by atoms with Gasteiger partial charge in [0, 0.05) is 17.2 Å². The van der Waals surface area contributed by atoms with Gasteiger partial charge in [-0.1, -0.05) is 12.8 Å². The van der Waals surface area contributed by atoms with Gasteiger partial charge in [-0.05, 0) is 18.9 Å². The fraction of sp³-hybridized carbons (Fsp3) is 0.571. The van der Waals surface area contributed by atoms with Crippen molar-refractivity contribution in [2.24, 2.45) is 5.73 Å². The second kappa shape index (κ2) is 5.06. The molecule has 4 heteroatoms. The predicted octanol–water partition coefficient (Wildman–Crippen LogP) is 2.44. The Morgan fingerprint density at radius 3 is 2.17 bits per heavy atom. The third-order valence-corrected chi connectivity index (χ3v) is 3.72. The van der Waals surface area contributed by atoms with Crippen LogP contribution >= 0.6 is 0 Å². The molecule has 2 rings (SSSR count). The van der Waals surface area contributed by atoms with Crippen LogP contribution in [0.5, 0.6) is 17.2 Å². The molecule has 0 spiro atoms. The normalized spacial score (nSPS) is 17.6. The van der Waals surface area contributed by atoms with Gasteiger partial charge in [-0.3, -0.25) is 0 Å². The summed E-state index contributed by atoms with van der Waals surface area (Å²) in [4.78, 5) is 0. The van der Waals surface area contributed by atoms with E-state index in [0.29, 0.717) is 5.75 Å². The maximum absolute atomic E-state index is 6.51. The van der Waals surface area contributed by atoms with Crippen LogP contribution < -0.4 is 19.9 Å². The molecule has 0 heterocycles. The highest BCUT2D eigenvalue weighted by Crippen LogP contribution is 2.46.